The number of anilines is 2. The molecule has 0 bridgehead atoms. The Balaban J connectivity index is 2.13. The minimum atomic E-state index is -3.69. The number of hydrogen-bond acceptors (Lipinski definition) is 4. The largest absolute Gasteiger partial charge is 0.397 e. The van der Waals surface area contributed by atoms with E-state index in [0.29, 0.717) is 17.6 Å². The summed E-state index contributed by atoms with van der Waals surface area (Å²) < 4.78 is 22.5. The van der Waals surface area contributed by atoms with E-state index in [1.54, 1.807) is 6.07 Å². The van der Waals surface area contributed by atoms with Crippen molar-refractivity contribution in [2.45, 2.75) is 43.5 Å². The molecule has 1 saturated carbocycles. The van der Waals surface area contributed by atoms with E-state index in [0.717, 1.165) is 5.69 Å². The summed E-state index contributed by atoms with van der Waals surface area (Å²) in [7, 11) is -3.69. The second kappa shape index (κ2) is 5.38. The van der Waals surface area contributed by atoms with Gasteiger partial charge < -0.3 is 11.1 Å². The van der Waals surface area contributed by atoms with Crippen LogP contribution in [0.1, 0.15) is 32.6 Å². The minimum Gasteiger partial charge on any atom is -0.397 e. The van der Waals surface area contributed by atoms with Gasteiger partial charge in [-0.1, -0.05) is 12.8 Å². The standard InChI is InChI=1S/C13H21N3O2S/c1-9(10-4-2-3-5-10)16-13-7-6-11(8-12(13)14)19(15,17)18/h6-10,16H,2-5,14H2,1H3,(H2,15,17,18). The maximum absolute atomic E-state index is 11.2. The van der Waals surface area contributed by atoms with Crippen molar-refractivity contribution in [3.63, 3.8) is 0 Å². The molecule has 5 nitrogen and oxygen atoms in total. The predicted molar refractivity (Wildman–Crippen MR) is 77.3 cm³/mol. The van der Waals surface area contributed by atoms with Crippen molar-refractivity contribution in [2.75, 3.05) is 11.1 Å². The molecular weight excluding hydrogens is 262 g/mol. The van der Waals surface area contributed by atoms with Gasteiger partial charge in [0.2, 0.25) is 10.0 Å². The monoisotopic (exact) mass is 283 g/mol. The Morgan fingerprint density at radius 3 is 2.47 bits per heavy atom. The van der Waals surface area contributed by atoms with Crippen LogP contribution in [0.2, 0.25) is 0 Å². The first-order chi connectivity index (χ1) is 8.88. The molecular formula is C13H21N3O2S. The van der Waals surface area contributed by atoms with Crippen LogP contribution in [0.15, 0.2) is 23.1 Å². The molecule has 1 fully saturated rings. The van der Waals surface area contributed by atoms with E-state index in [1.807, 2.05) is 0 Å². The second-order valence-electron chi connectivity index (χ2n) is 5.27. The Kier molecular flexibility index (Phi) is 4.01. The topological polar surface area (TPSA) is 98.2 Å². The lowest BCUT2D eigenvalue weighted by Crippen LogP contribution is -2.24. The van der Waals surface area contributed by atoms with Gasteiger partial charge in [-0.2, -0.15) is 0 Å². The highest BCUT2D eigenvalue weighted by Gasteiger charge is 2.22. The Hall–Kier alpha value is -1.27. The molecule has 0 saturated heterocycles. The molecule has 106 valence electrons. The lowest BCUT2D eigenvalue weighted by atomic mass is 9.99. The van der Waals surface area contributed by atoms with Crippen molar-refractivity contribution in [1.82, 2.24) is 0 Å². The molecule has 0 spiro atoms. The molecule has 0 heterocycles. The molecule has 1 aliphatic carbocycles. The average Bonchev–Trinajstić information content (AvgIpc) is 2.84. The molecule has 5 N–H and O–H groups in total. The van der Waals surface area contributed by atoms with Crippen molar-refractivity contribution in [3.05, 3.63) is 18.2 Å². The number of rotatable bonds is 4. The lowest BCUT2D eigenvalue weighted by molar-refractivity contribution is 0.482. The van der Waals surface area contributed by atoms with Crippen LogP contribution >= 0.6 is 0 Å². The zero-order valence-corrected chi connectivity index (χ0v) is 11.9. The van der Waals surface area contributed by atoms with Crippen LogP contribution in [0, 0.1) is 5.92 Å². The van der Waals surface area contributed by atoms with Crippen LogP contribution in [0.25, 0.3) is 0 Å². The summed E-state index contributed by atoms with van der Waals surface area (Å²) in [5.74, 6) is 0.664. The van der Waals surface area contributed by atoms with Gasteiger partial charge in [-0.15, -0.1) is 0 Å². The molecule has 1 atom stereocenters. The van der Waals surface area contributed by atoms with Crippen LogP contribution in [0.3, 0.4) is 0 Å². The van der Waals surface area contributed by atoms with Gasteiger partial charge in [0.15, 0.2) is 0 Å². The third-order valence-electron chi connectivity index (χ3n) is 3.84. The van der Waals surface area contributed by atoms with Crippen LogP contribution in [0.5, 0.6) is 0 Å². The maximum atomic E-state index is 11.2. The predicted octanol–water partition coefficient (Wildman–Crippen LogP) is 1.91. The highest BCUT2D eigenvalue weighted by Crippen LogP contribution is 2.31. The van der Waals surface area contributed by atoms with Crippen molar-refractivity contribution in [3.8, 4) is 0 Å². The number of primary sulfonamides is 1. The van der Waals surface area contributed by atoms with E-state index in [4.69, 9.17) is 10.9 Å². The highest BCUT2D eigenvalue weighted by molar-refractivity contribution is 7.89. The van der Waals surface area contributed by atoms with E-state index >= 15 is 0 Å². The van der Waals surface area contributed by atoms with Gasteiger partial charge in [0.1, 0.15) is 0 Å². The fourth-order valence-corrected chi connectivity index (χ4v) is 3.22. The lowest BCUT2D eigenvalue weighted by Gasteiger charge is -2.22. The van der Waals surface area contributed by atoms with Gasteiger partial charge in [-0.25, -0.2) is 13.6 Å². The minimum absolute atomic E-state index is 0.0454. The molecule has 2 rings (SSSR count). The third kappa shape index (κ3) is 3.39. The number of hydrogen-bond donors (Lipinski definition) is 3. The van der Waals surface area contributed by atoms with E-state index < -0.39 is 10.0 Å². The Morgan fingerprint density at radius 1 is 1.32 bits per heavy atom. The Labute approximate surface area is 114 Å². The Morgan fingerprint density at radius 2 is 1.95 bits per heavy atom. The number of nitrogens with one attached hydrogen (secondary N) is 1. The molecule has 1 aromatic carbocycles. The third-order valence-corrected chi connectivity index (χ3v) is 4.75. The van der Waals surface area contributed by atoms with Gasteiger partial charge >= 0.3 is 0 Å². The normalized spacial score (nSPS) is 18.4. The summed E-state index contributed by atoms with van der Waals surface area (Å²) in [4.78, 5) is 0.0454. The summed E-state index contributed by atoms with van der Waals surface area (Å²) in [5.41, 5.74) is 7.07. The van der Waals surface area contributed by atoms with Gasteiger partial charge in [0, 0.05) is 6.04 Å². The van der Waals surface area contributed by atoms with Crippen molar-refractivity contribution in [2.24, 2.45) is 11.1 Å². The molecule has 1 aliphatic rings. The molecule has 19 heavy (non-hydrogen) atoms. The smallest absolute Gasteiger partial charge is 0.238 e. The SMILES string of the molecule is CC(Nc1ccc(S(N)(=O)=O)cc1N)C1CCCC1. The number of nitrogens with two attached hydrogens (primary N) is 2. The summed E-state index contributed by atoms with van der Waals surface area (Å²) >= 11 is 0. The van der Waals surface area contributed by atoms with E-state index in [1.165, 1.54) is 37.8 Å². The van der Waals surface area contributed by atoms with Crippen LogP contribution in [-0.4, -0.2) is 14.5 Å². The fraction of sp³-hybridized carbons (Fsp3) is 0.538. The Bertz CT molecular complexity index is 551. The fourth-order valence-electron chi connectivity index (χ4n) is 2.67. The summed E-state index contributed by atoms with van der Waals surface area (Å²) in [6.07, 6.45) is 5.06. The molecule has 1 aromatic rings. The molecule has 0 aliphatic heterocycles. The van der Waals surface area contributed by atoms with Crippen LogP contribution < -0.4 is 16.2 Å². The zero-order valence-electron chi connectivity index (χ0n) is 11.1. The molecule has 0 amide bonds. The number of sulfonamides is 1. The first-order valence-corrected chi connectivity index (χ1v) is 8.11. The van der Waals surface area contributed by atoms with Crippen molar-refractivity contribution in [1.29, 1.82) is 0 Å². The van der Waals surface area contributed by atoms with Crippen molar-refractivity contribution < 1.29 is 8.42 Å². The van der Waals surface area contributed by atoms with E-state index in [9.17, 15) is 8.42 Å². The van der Waals surface area contributed by atoms with E-state index in [2.05, 4.69) is 12.2 Å². The molecule has 6 heteroatoms. The number of nitrogen functional groups attached to an aromatic ring is 1. The molecule has 0 aromatic heterocycles. The second-order valence-corrected chi connectivity index (χ2v) is 6.83. The summed E-state index contributed by atoms with van der Waals surface area (Å²) in [5, 5.41) is 8.44. The summed E-state index contributed by atoms with van der Waals surface area (Å²) in [6.45, 7) is 2.14. The van der Waals surface area contributed by atoms with Crippen LogP contribution in [0.4, 0.5) is 11.4 Å². The van der Waals surface area contributed by atoms with Gasteiger partial charge in [0.05, 0.1) is 16.3 Å². The van der Waals surface area contributed by atoms with Crippen molar-refractivity contribution >= 4 is 21.4 Å². The highest BCUT2D eigenvalue weighted by atomic mass is 32.2. The first kappa shape index (κ1) is 14.1. The van der Waals surface area contributed by atoms with Gasteiger partial charge in [-0.3, -0.25) is 0 Å². The quantitative estimate of drug-likeness (QED) is 0.735. The number of benzene rings is 1. The summed E-state index contributed by atoms with van der Waals surface area (Å²) in [6, 6.07) is 4.90. The van der Waals surface area contributed by atoms with Gasteiger partial charge in [0.25, 0.3) is 0 Å². The molecule has 0 radical (unpaired) electrons. The first-order valence-electron chi connectivity index (χ1n) is 6.57. The average molecular weight is 283 g/mol. The van der Waals surface area contributed by atoms with Gasteiger partial charge in [-0.05, 0) is 43.9 Å². The maximum Gasteiger partial charge on any atom is 0.238 e. The van der Waals surface area contributed by atoms with Crippen LogP contribution in [-0.2, 0) is 10.0 Å². The molecule has 1 unspecified atom stereocenters. The van der Waals surface area contributed by atoms with E-state index in [-0.39, 0.29) is 4.90 Å². The zero-order chi connectivity index (χ0) is 14.0.